The average molecular weight is 470 g/mol. The number of amides is 1. The summed E-state index contributed by atoms with van der Waals surface area (Å²) >= 11 is 12.4. The number of ketones is 1. The minimum Gasteiger partial charge on any atom is -0.497 e. The van der Waals surface area contributed by atoms with Crippen molar-refractivity contribution in [2.75, 3.05) is 33.8 Å². The van der Waals surface area contributed by atoms with Gasteiger partial charge in [0.25, 0.3) is 5.91 Å². The molecular formula is C20H21Cl2N3O6. The lowest BCUT2D eigenvalue weighted by Gasteiger charge is -2.15. The number of azo groups is 1. The minimum atomic E-state index is -1.44. The van der Waals surface area contributed by atoms with Gasteiger partial charge in [0, 0.05) is 18.2 Å². The molecule has 2 rings (SSSR count). The van der Waals surface area contributed by atoms with Crippen LogP contribution in [0.3, 0.4) is 0 Å². The molecule has 11 heteroatoms. The summed E-state index contributed by atoms with van der Waals surface area (Å²) in [5.74, 6) is 0.0639. The molecule has 1 unspecified atom stereocenters. The van der Waals surface area contributed by atoms with Gasteiger partial charge in [-0.1, -0.05) is 23.2 Å². The monoisotopic (exact) mass is 469 g/mol. The standard InChI is InChI=1S/C20H21Cl2N3O6/c1-10(26)17(25-24-11-6-14(22)19(31-5)16(7-11)30-4)20(27)23-18-13(21)8-12(28-2)9-15(18)29-3/h6-9,17H,1-5H3,(H,23,27). The lowest BCUT2D eigenvalue weighted by Crippen LogP contribution is -2.32. The quantitative estimate of drug-likeness (QED) is 0.420. The van der Waals surface area contributed by atoms with Crippen LogP contribution in [0.2, 0.25) is 10.0 Å². The second-order valence-corrected chi connectivity index (χ2v) is 6.88. The fraction of sp³-hybridized carbons (Fsp3) is 0.300. The number of hydrogen-bond acceptors (Lipinski definition) is 8. The van der Waals surface area contributed by atoms with Gasteiger partial charge in [-0.3, -0.25) is 9.59 Å². The van der Waals surface area contributed by atoms with Crippen molar-refractivity contribution in [3.8, 4) is 23.0 Å². The van der Waals surface area contributed by atoms with E-state index in [-0.39, 0.29) is 27.2 Å². The topological polar surface area (TPSA) is 108 Å². The lowest BCUT2D eigenvalue weighted by molar-refractivity contribution is -0.126. The van der Waals surface area contributed by atoms with E-state index in [1.54, 1.807) is 0 Å². The van der Waals surface area contributed by atoms with Crippen LogP contribution in [0.5, 0.6) is 23.0 Å². The Hall–Kier alpha value is -3.04. The van der Waals surface area contributed by atoms with Crippen molar-refractivity contribution in [1.29, 1.82) is 0 Å². The number of nitrogens with one attached hydrogen (secondary N) is 1. The fourth-order valence-corrected chi connectivity index (χ4v) is 3.08. The molecule has 2 aromatic carbocycles. The van der Waals surface area contributed by atoms with Crippen LogP contribution in [0.1, 0.15) is 6.92 Å². The predicted octanol–water partition coefficient (Wildman–Crippen LogP) is 4.71. The lowest BCUT2D eigenvalue weighted by atomic mass is 10.2. The summed E-state index contributed by atoms with van der Waals surface area (Å²) < 4.78 is 20.7. The number of methoxy groups -OCH3 is 4. The van der Waals surface area contributed by atoms with Crippen LogP contribution in [-0.4, -0.2) is 46.2 Å². The van der Waals surface area contributed by atoms with Crippen LogP contribution >= 0.6 is 23.2 Å². The molecular weight excluding hydrogens is 449 g/mol. The maximum absolute atomic E-state index is 12.7. The van der Waals surface area contributed by atoms with Crippen molar-refractivity contribution in [2.45, 2.75) is 13.0 Å². The molecule has 31 heavy (non-hydrogen) atoms. The van der Waals surface area contributed by atoms with Gasteiger partial charge in [0.15, 0.2) is 17.3 Å². The van der Waals surface area contributed by atoms with Gasteiger partial charge in [-0.05, 0) is 13.0 Å². The van der Waals surface area contributed by atoms with Crippen LogP contribution in [0.4, 0.5) is 11.4 Å². The first-order valence-electron chi connectivity index (χ1n) is 8.80. The van der Waals surface area contributed by atoms with Gasteiger partial charge in [0.2, 0.25) is 6.04 Å². The van der Waals surface area contributed by atoms with E-state index in [9.17, 15) is 9.59 Å². The van der Waals surface area contributed by atoms with Gasteiger partial charge in [-0.15, -0.1) is 0 Å². The SMILES string of the molecule is COc1cc(Cl)c(NC(=O)C(N=Nc2cc(Cl)c(OC)c(OC)c2)C(C)=O)c(OC)c1. The van der Waals surface area contributed by atoms with Crippen LogP contribution in [0.15, 0.2) is 34.5 Å². The van der Waals surface area contributed by atoms with Crippen molar-refractivity contribution in [3.05, 3.63) is 34.3 Å². The maximum atomic E-state index is 12.7. The largest absolute Gasteiger partial charge is 0.497 e. The molecule has 1 atom stereocenters. The Bertz CT molecular complexity index is 1010. The maximum Gasteiger partial charge on any atom is 0.258 e. The third-order valence-corrected chi connectivity index (χ3v) is 4.65. The number of rotatable bonds is 9. The van der Waals surface area contributed by atoms with Crippen LogP contribution in [-0.2, 0) is 9.59 Å². The summed E-state index contributed by atoms with van der Waals surface area (Å²) in [5.41, 5.74) is 0.437. The van der Waals surface area contributed by atoms with Gasteiger partial charge in [0.05, 0.1) is 44.2 Å². The van der Waals surface area contributed by atoms with Gasteiger partial charge in [-0.25, -0.2) is 0 Å². The van der Waals surface area contributed by atoms with E-state index in [4.69, 9.17) is 42.1 Å². The predicted molar refractivity (Wildman–Crippen MR) is 117 cm³/mol. The highest BCUT2D eigenvalue weighted by molar-refractivity contribution is 6.34. The number of Topliss-reactive ketones (excluding diaryl/α,β-unsaturated/α-hetero) is 1. The third-order valence-electron chi connectivity index (χ3n) is 4.07. The summed E-state index contributed by atoms with van der Waals surface area (Å²) in [4.78, 5) is 24.8. The molecule has 0 spiro atoms. The Morgan fingerprint density at radius 1 is 0.903 bits per heavy atom. The Kier molecular flexibility index (Phi) is 8.47. The van der Waals surface area contributed by atoms with E-state index in [1.165, 1.54) is 59.6 Å². The van der Waals surface area contributed by atoms with E-state index < -0.39 is 17.7 Å². The van der Waals surface area contributed by atoms with E-state index in [2.05, 4.69) is 15.5 Å². The molecule has 0 saturated carbocycles. The summed E-state index contributed by atoms with van der Waals surface area (Å²) in [6.45, 7) is 1.22. The highest BCUT2D eigenvalue weighted by atomic mass is 35.5. The first-order chi connectivity index (χ1) is 14.7. The summed E-state index contributed by atoms with van der Waals surface area (Å²) in [7, 11) is 5.76. The highest BCUT2D eigenvalue weighted by Crippen LogP contribution is 2.39. The summed E-state index contributed by atoms with van der Waals surface area (Å²) in [5, 5.41) is 10.8. The highest BCUT2D eigenvalue weighted by Gasteiger charge is 2.25. The fourth-order valence-electron chi connectivity index (χ4n) is 2.55. The van der Waals surface area contributed by atoms with Crippen molar-refractivity contribution in [2.24, 2.45) is 10.2 Å². The molecule has 0 saturated heterocycles. The van der Waals surface area contributed by atoms with Crippen molar-refractivity contribution in [3.63, 3.8) is 0 Å². The van der Waals surface area contributed by atoms with E-state index >= 15 is 0 Å². The average Bonchev–Trinajstić information content (AvgIpc) is 2.74. The number of carbonyl (C=O) groups excluding carboxylic acids is 2. The van der Waals surface area contributed by atoms with E-state index in [0.717, 1.165) is 0 Å². The molecule has 0 aliphatic rings. The number of benzene rings is 2. The minimum absolute atomic E-state index is 0.162. The van der Waals surface area contributed by atoms with Gasteiger partial charge < -0.3 is 24.3 Å². The molecule has 1 amide bonds. The van der Waals surface area contributed by atoms with Crippen molar-refractivity contribution >= 4 is 46.3 Å². The van der Waals surface area contributed by atoms with Crippen LogP contribution in [0, 0.1) is 0 Å². The molecule has 0 fully saturated rings. The second-order valence-electron chi connectivity index (χ2n) is 6.07. The van der Waals surface area contributed by atoms with Crippen molar-refractivity contribution in [1.82, 2.24) is 0 Å². The molecule has 0 aliphatic heterocycles. The first-order valence-corrected chi connectivity index (χ1v) is 9.56. The molecule has 166 valence electrons. The molecule has 9 nitrogen and oxygen atoms in total. The number of anilines is 1. The molecule has 0 aromatic heterocycles. The van der Waals surface area contributed by atoms with Crippen LogP contribution < -0.4 is 24.3 Å². The first kappa shape index (κ1) is 24.2. The molecule has 1 N–H and O–H groups in total. The Balaban J connectivity index is 2.32. The van der Waals surface area contributed by atoms with E-state index in [1.807, 2.05) is 0 Å². The summed E-state index contributed by atoms with van der Waals surface area (Å²) in [6.07, 6.45) is 0. The molecule has 0 heterocycles. The Morgan fingerprint density at radius 3 is 2.13 bits per heavy atom. The van der Waals surface area contributed by atoms with Crippen LogP contribution in [0.25, 0.3) is 0 Å². The zero-order valence-corrected chi connectivity index (χ0v) is 19.0. The Morgan fingerprint density at radius 2 is 1.58 bits per heavy atom. The number of carbonyl (C=O) groups is 2. The van der Waals surface area contributed by atoms with Gasteiger partial charge in [-0.2, -0.15) is 10.2 Å². The molecule has 2 aromatic rings. The molecule has 0 bridgehead atoms. The van der Waals surface area contributed by atoms with Gasteiger partial charge >= 0.3 is 0 Å². The second kappa shape index (κ2) is 10.8. The number of ether oxygens (including phenoxy) is 4. The smallest absolute Gasteiger partial charge is 0.258 e. The zero-order valence-electron chi connectivity index (χ0n) is 17.5. The Labute approximate surface area is 189 Å². The summed E-state index contributed by atoms with van der Waals surface area (Å²) in [6, 6.07) is 4.57. The zero-order chi connectivity index (χ0) is 23.1. The number of hydrogen-bond donors (Lipinski definition) is 1. The number of halogens is 2. The van der Waals surface area contributed by atoms with Crippen molar-refractivity contribution < 1.29 is 28.5 Å². The van der Waals surface area contributed by atoms with E-state index in [0.29, 0.717) is 17.2 Å². The normalized spacial score (nSPS) is 11.7. The molecule has 0 radical (unpaired) electrons. The third kappa shape index (κ3) is 5.77. The molecule has 0 aliphatic carbocycles. The van der Waals surface area contributed by atoms with Gasteiger partial charge in [0.1, 0.15) is 17.2 Å². The number of nitrogens with zero attached hydrogens (tertiary/aromatic N) is 2.